The highest BCUT2D eigenvalue weighted by atomic mass is 32.2. The van der Waals surface area contributed by atoms with Crippen molar-refractivity contribution in [3.63, 3.8) is 0 Å². The Labute approximate surface area is 86.0 Å². The zero-order valence-corrected chi connectivity index (χ0v) is 9.50. The molecule has 0 aliphatic rings. The van der Waals surface area contributed by atoms with Crippen molar-refractivity contribution in [1.29, 1.82) is 0 Å². The highest BCUT2D eigenvalue weighted by Gasteiger charge is 2.16. The number of rotatable bonds is 3. The Balaban J connectivity index is 3.20. The van der Waals surface area contributed by atoms with Crippen LogP contribution in [0, 0.1) is 0 Å². The van der Waals surface area contributed by atoms with Crippen LogP contribution in [-0.4, -0.2) is 34.1 Å². The van der Waals surface area contributed by atoms with E-state index in [4.69, 9.17) is 0 Å². The number of benzene rings is 1. The number of nitrogens with zero attached hydrogens (tertiary/aromatic N) is 1. The van der Waals surface area contributed by atoms with E-state index in [0.717, 1.165) is 12.7 Å². The quantitative estimate of drug-likeness (QED) is 0.662. The molecule has 0 fully saturated rings. The average Bonchev–Trinajstić information content (AvgIpc) is 2.17. The van der Waals surface area contributed by atoms with E-state index >= 15 is 0 Å². The largest absolute Gasteiger partial charge is 0.242 e. The van der Waals surface area contributed by atoms with Gasteiger partial charge in [-0.3, -0.25) is 0 Å². The van der Waals surface area contributed by atoms with Crippen molar-refractivity contribution in [2.24, 2.45) is 0 Å². The van der Waals surface area contributed by atoms with Gasteiger partial charge in [0.2, 0.25) is 10.0 Å². The van der Waals surface area contributed by atoms with Gasteiger partial charge in [0, 0.05) is 14.1 Å². The lowest BCUT2D eigenvalue weighted by Gasteiger charge is -2.11. The molecule has 0 aliphatic carbocycles. The van der Waals surface area contributed by atoms with Crippen molar-refractivity contribution in [1.82, 2.24) is 4.31 Å². The van der Waals surface area contributed by atoms with Gasteiger partial charge in [0.15, 0.2) is 7.28 Å². The summed E-state index contributed by atoms with van der Waals surface area (Å²) in [5.41, 5.74) is 1.04. The third kappa shape index (κ3) is 2.16. The Hall–Kier alpha value is -0.805. The van der Waals surface area contributed by atoms with E-state index in [1.807, 2.05) is 12.9 Å². The van der Waals surface area contributed by atoms with Gasteiger partial charge in [-0.15, -0.1) is 0 Å². The van der Waals surface area contributed by atoms with Crippen LogP contribution in [0.4, 0.5) is 0 Å². The number of sulfonamides is 1. The minimum Gasteiger partial charge on any atom is -0.207 e. The summed E-state index contributed by atoms with van der Waals surface area (Å²) in [5.74, 6) is 0. The van der Waals surface area contributed by atoms with Crippen molar-refractivity contribution in [3.8, 4) is 0 Å². The lowest BCUT2D eigenvalue weighted by atomic mass is 9.74. The number of hydrogen-bond acceptors (Lipinski definition) is 2. The summed E-state index contributed by atoms with van der Waals surface area (Å²) in [6.45, 7) is 2.00. The van der Waals surface area contributed by atoms with E-state index in [-0.39, 0.29) is 0 Å². The van der Waals surface area contributed by atoms with Gasteiger partial charge >= 0.3 is 0 Å². The zero-order valence-electron chi connectivity index (χ0n) is 8.69. The van der Waals surface area contributed by atoms with E-state index < -0.39 is 10.0 Å². The first kappa shape index (κ1) is 11.3. The van der Waals surface area contributed by atoms with Gasteiger partial charge in [0.05, 0.1) is 4.90 Å². The van der Waals surface area contributed by atoms with Crippen molar-refractivity contribution in [3.05, 3.63) is 24.3 Å². The molecule has 0 N–H and O–H groups in total. The standard InChI is InChI=1S/C9H14BNO2S/c1-10-8-5-4-6-9(7-8)14(12,13)11(2)3/h4-7,10H,1-3H3. The zero-order chi connectivity index (χ0) is 10.8. The fourth-order valence-electron chi connectivity index (χ4n) is 1.14. The van der Waals surface area contributed by atoms with Crippen LogP contribution in [-0.2, 0) is 10.0 Å². The van der Waals surface area contributed by atoms with Crippen LogP contribution in [0.2, 0.25) is 6.82 Å². The molecule has 76 valence electrons. The minimum absolute atomic E-state index is 0.363. The van der Waals surface area contributed by atoms with E-state index in [1.165, 1.54) is 18.4 Å². The molecule has 5 heteroatoms. The van der Waals surface area contributed by atoms with E-state index in [2.05, 4.69) is 0 Å². The van der Waals surface area contributed by atoms with Crippen LogP contribution in [0.15, 0.2) is 29.2 Å². The molecule has 0 heterocycles. The molecule has 0 saturated heterocycles. The predicted molar refractivity (Wildman–Crippen MR) is 60.0 cm³/mol. The van der Waals surface area contributed by atoms with Gasteiger partial charge in [0.1, 0.15) is 0 Å². The molecular formula is C9H14BNO2S. The number of hydrogen-bond donors (Lipinski definition) is 0. The topological polar surface area (TPSA) is 37.4 Å². The Bertz CT molecular complexity index is 415. The van der Waals surface area contributed by atoms with Crippen molar-refractivity contribution in [2.45, 2.75) is 11.7 Å². The summed E-state index contributed by atoms with van der Waals surface area (Å²) in [7, 11) is 0.639. The van der Waals surface area contributed by atoms with Gasteiger partial charge in [-0.25, -0.2) is 12.7 Å². The first-order chi connectivity index (χ1) is 6.48. The molecule has 1 rings (SSSR count). The maximum Gasteiger partial charge on any atom is 0.242 e. The van der Waals surface area contributed by atoms with Crippen molar-refractivity contribution in [2.75, 3.05) is 14.1 Å². The molecule has 0 atom stereocenters. The molecule has 0 unspecified atom stereocenters. The van der Waals surface area contributed by atoms with Crippen LogP contribution in [0.1, 0.15) is 0 Å². The maximum absolute atomic E-state index is 11.7. The van der Waals surface area contributed by atoms with Crippen molar-refractivity contribution < 1.29 is 8.42 Å². The molecule has 3 nitrogen and oxygen atoms in total. The summed E-state index contributed by atoms with van der Waals surface area (Å²) in [5, 5.41) is 0. The summed E-state index contributed by atoms with van der Waals surface area (Å²) < 4.78 is 24.7. The van der Waals surface area contributed by atoms with Gasteiger partial charge in [-0.1, -0.05) is 24.4 Å². The Morgan fingerprint density at radius 1 is 1.29 bits per heavy atom. The van der Waals surface area contributed by atoms with Crippen LogP contribution in [0.25, 0.3) is 0 Å². The third-order valence-electron chi connectivity index (χ3n) is 2.09. The molecule has 0 spiro atoms. The Morgan fingerprint density at radius 2 is 1.93 bits per heavy atom. The first-order valence-electron chi connectivity index (χ1n) is 4.50. The smallest absolute Gasteiger partial charge is 0.207 e. The highest BCUT2D eigenvalue weighted by molar-refractivity contribution is 7.89. The maximum atomic E-state index is 11.7. The fourth-order valence-corrected chi connectivity index (χ4v) is 2.11. The molecule has 0 amide bonds. The van der Waals surface area contributed by atoms with Gasteiger partial charge in [0.25, 0.3) is 0 Å². The van der Waals surface area contributed by atoms with E-state index in [1.54, 1.807) is 18.2 Å². The molecule has 1 aromatic carbocycles. The monoisotopic (exact) mass is 211 g/mol. The van der Waals surface area contributed by atoms with Crippen LogP contribution in [0.3, 0.4) is 0 Å². The van der Waals surface area contributed by atoms with Crippen LogP contribution in [0.5, 0.6) is 0 Å². The lowest BCUT2D eigenvalue weighted by molar-refractivity contribution is 0.521. The molecule has 0 radical (unpaired) electrons. The Kier molecular flexibility index (Phi) is 3.34. The van der Waals surface area contributed by atoms with Crippen molar-refractivity contribution >= 4 is 22.8 Å². The first-order valence-corrected chi connectivity index (χ1v) is 5.94. The summed E-state index contributed by atoms with van der Waals surface area (Å²) in [6, 6.07) is 7.04. The molecule has 0 aromatic heterocycles. The predicted octanol–water partition coefficient (Wildman–Crippen LogP) is 0.0468. The van der Waals surface area contributed by atoms with Gasteiger partial charge in [-0.2, -0.15) is 0 Å². The van der Waals surface area contributed by atoms with E-state index in [0.29, 0.717) is 4.90 Å². The van der Waals surface area contributed by atoms with Gasteiger partial charge < -0.3 is 0 Å². The van der Waals surface area contributed by atoms with Crippen LogP contribution < -0.4 is 5.46 Å². The molecule has 0 saturated carbocycles. The molecule has 1 aromatic rings. The highest BCUT2D eigenvalue weighted by Crippen LogP contribution is 2.10. The molecule has 0 bridgehead atoms. The Morgan fingerprint density at radius 3 is 2.43 bits per heavy atom. The normalized spacial score (nSPS) is 11.7. The third-order valence-corrected chi connectivity index (χ3v) is 3.90. The van der Waals surface area contributed by atoms with E-state index in [9.17, 15) is 8.42 Å². The second-order valence-electron chi connectivity index (χ2n) is 3.29. The molecule has 14 heavy (non-hydrogen) atoms. The van der Waals surface area contributed by atoms with Crippen LogP contribution >= 0.6 is 0 Å². The molecular weight excluding hydrogens is 197 g/mol. The lowest BCUT2D eigenvalue weighted by Crippen LogP contribution is -2.23. The average molecular weight is 211 g/mol. The SMILES string of the molecule is CBc1cccc(S(=O)(=O)N(C)C)c1. The molecule has 0 aliphatic heterocycles. The second kappa shape index (κ2) is 4.15. The minimum atomic E-state index is -3.28. The summed E-state index contributed by atoms with van der Waals surface area (Å²) in [4.78, 5) is 0.363. The summed E-state index contributed by atoms with van der Waals surface area (Å²) >= 11 is 0. The summed E-state index contributed by atoms with van der Waals surface area (Å²) in [6.07, 6.45) is 0. The van der Waals surface area contributed by atoms with Gasteiger partial charge in [-0.05, 0) is 12.1 Å². The fraction of sp³-hybridized carbons (Fsp3) is 0.333. The second-order valence-corrected chi connectivity index (χ2v) is 5.44.